The highest BCUT2D eigenvalue weighted by molar-refractivity contribution is 9.10. The molecule has 0 bridgehead atoms. The first-order chi connectivity index (χ1) is 5.59. The van der Waals surface area contributed by atoms with E-state index < -0.39 is 0 Å². The lowest BCUT2D eigenvalue weighted by Gasteiger charge is -2.10. The smallest absolute Gasteiger partial charge is 0.0345 e. The van der Waals surface area contributed by atoms with Crippen LogP contribution in [0.2, 0.25) is 0 Å². The maximum Gasteiger partial charge on any atom is 0.0345 e. The number of halogens is 1. The topological polar surface area (TPSA) is 12.0 Å². The molecule has 0 spiro atoms. The van der Waals surface area contributed by atoms with E-state index in [4.69, 9.17) is 0 Å². The van der Waals surface area contributed by atoms with Crippen LogP contribution in [0, 0.1) is 6.92 Å². The molecular weight excluding hydrogens is 214 g/mol. The molecule has 0 aromatic heterocycles. The Morgan fingerprint density at radius 3 is 2.50 bits per heavy atom. The molecule has 1 nitrogen and oxygen atoms in total. The minimum absolute atomic E-state index is 0.491. The quantitative estimate of drug-likeness (QED) is 0.815. The molecule has 0 unspecified atom stereocenters. The Morgan fingerprint density at radius 1 is 1.33 bits per heavy atom. The van der Waals surface area contributed by atoms with E-state index in [0.29, 0.717) is 6.04 Å². The predicted octanol–water partition coefficient (Wildman–Crippen LogP) is 3.58. The third-order valence-corrected chi connectivity index (χ3v) is 2.50. The second-order valence-electron chi connectivity index (χ2n) is 3.26. The molecule has 0 fully saturated rings. The fourth-order valence-electron chi connectivity index (χ4n) is 1.07. The molecule has 0 aliphatic rings. The summed E-state index contributed by atoms with van der Waals surface area (Å²) < 4.78 is 1.16. The van der Waals surface area contributed by atoms with Gasteiger partial charge in [0.2, 0.25) is 0 Å². The first kappa shape index (κ1) is 9.59. The minimum Gasteiger partial charge on any atom is -0.383 e. The first-order valence-electron chi connectivity index (χ1n) is 4.12. The SMILES string of the molecule is Cc1cc(NC(C)C)ccc1Br. The molecule has 0 aliphatic heterocycles. The van der Waals surface area contributed by atoms with Crippen LogP contribution in [0.15, 0.2) is 22.7 Å². The van der Waals surface area contributed by atoms with Gasteiger partial charge in [0, 0.05) is 16.2 Å². The molecule has 0 saturated heterocycles. The van der Waals surface area contributed by atoms with Crippen molar-refractivity contribution in [3.8, 4) is 0 Å². The number of nitrogens with one attached hydrogen (secondary N) is 1. The Morgan fingerprint density at radius 2 is 2.00 bits per heavy atom. The van der Waals surface area contributed by atoms with Crippen LogP contribution in [-0.4, -0.2) is 6.04 Å². The lowest BCUT2D eigenvalue weighted by molar-refractivity contribution is 0.899. The average Bonchev–Trinajstić information content (AvgIpc) is 1.96. The van der Waals surface area contributed by atoms with Crippen molar-refractivity contribution in [2.24, 2.45) is 0 Å². The summed E-state index contributed by atoms with van der Waals surface area (Å²) in [5.41, 5.74) is 2.45. The van der Waals surface area contributed by atoms with Crippen LogP contribution in [-0.2, 0) is 0 Å². The number of aryl methyl sites for hydroxylation is 1. The van der Waals surface area contributed by atoms with Crippen molar-refractivity contribution in [2.45, 2.75) is 26.8 Å². The molecule has 0 amide bonds. The summed E-state index contributed by atoms with van der Waals surface area (Å²) >= 11 is 3.47. The number of hydrogen-bond acceptors (Lipinski definition) is 1. The van der Waals surface area contributed by atoms with Crippen LogP contribution in [0.4, 0.5) is 5.69 Å². The Bertz CT molecular complexity index is 269. The van der Waals surface area contributed by atoms with E-state index >= 15 is 0 Å². The second-order valence-corrected chi connectivity index (χ2v) is 4.12. The van der Waals surface area contributed by atoms with Crippen molar-refractivity contribution in [3.63, 3.8) is 0 Å². The predicted molar refractivity (Wildman–Crippen MR) is 57.6 cm³/mol. The molecule has 1 N–H and O–H groups in total. The van der Waals surface area contributed by atoms with E-state index in [0.717, 1.165) is 4.47 Å². The molecule has 0 atom stereocenters. The lowest BCUT2D eigenvalue weighted by Crippen LogP contribution is -2.09. The summed E-state index contributed by atoms with van der Waals surface area (Å²) in [5.74, 6) is 0. The van der Waals surface area contributed by atoms with Crippen LogP contribution in [0.3, 0.4) is 0 Å². The summed E-state index contributed by atoms with van der Waals surface area (Å²) in [5, 5.41) is 3.35. The van der Waals surface area contributed by atoms with Crippen molar-refractivity contribution in [3.05, 3.63) is 28.2 Å². The van der Waals surface area contributed by atoms with E-state index in [1.54, 1.807) is 0 Å². The van der Waals surface area contributed by atoms with Crippen LogP contribution < -0.4 is 5.32 Å². The van der Waals surface area contributed by atoms with Gasteiger partial charge in [-0.25, -0.2) is 0 Å². The normalized spacial score (nSPS) is 10.4. The van der Waals surface area contributed by atoms with Crippen molar-refractivity contribution in [1.29, 1.82) is 0 Å². The molecule has 1 rings (SSSR count). The molecule has 1 aromatic carbocycles. The fraction of sp³-hybridized carbons (Fsp3) is 0.400. The van der Waals surface area contributed by atoms with Gasteiger partial charge < -0.3 is 5.32 Å². The molecule has 1 aromatic rings. The molecule has 0 saturated carbocycles. The van der Waals surface area contributed by atoms with Crippen LogP contribution in [0.5, 0.6) is 0 Å². The van der Waals surface area contributed by atoms with E-state index in [2.05, 4.69) is 60.2 Å². The third-order valence-electron chi connectivity index (χ3n) is 1.61. The highest BCUT2D eigenvalue weighted by atomic mass is 79.9. The number of benzene rings is 1. The zero-order chi connectivity index (χ0) is 9.14. The van der Waals surface area contributed by atoms with Gasteiger partial charge in [0.15, 0.2) is 0 Å². The third kappa shape index (κ3) is 2.52. The summed E-state index contributed by atoms with van der Waals surface area (Å²) in [4.78, 5) is 0. The van der Waals surface area contributed by atoms with E-state index in [9.17, 15) is 0 Å². The Hall–Kier alpha value is -0.500. The minimum atomic E-state index is 0.491. The maximum atomic E-state index is 3.47. The Labute approximate surface area is 82.3 Å². The van der Waals surface area contributed by atoms with Gasteiger partial charge in [-0.05, 0) is 44.5 Å². The molecule has 2 heteroatoms. The fourth-order valence-corrected chi connectivity index (χ4v) is 1.31. The average molecular weight is 228 g/mol. The summed E-state index contributed by atoms with van der Waals surface area (Å²) in [7, 11) is 0. The summed E-state index contributed by atoms with van der Waals surface area (Å²) in [6.45, 7) is 6.37. The molecule has 0 aliphatic carbocycles. The van der Waals surface area contributed by atoms with E-state index in [-0.39, 0.29) is 0 Å². The molecule has 12 heavy (non-hydrogen) atoms. The van der Waals surface area contributed by atoms with Crippen molar-refractivity contribution >= 4 is 21.6 Å². The molecule has 0 heterocycles. The van der Waals surface area contributed by atoms with Gasteiger partial charge in [-0.1, -0.05) is 15.9 Å². The molecule has 66 valence electrons. The zero-order valence-electron chi connectivity index (χ0n) is 7.69. The first-order valence-corrected chi connectivity index (χ1v) is 4.91. The van der Waals surface area contributed by atoms with Crippen molar-refractivity contribution in [2.75, 3.05) is 5.32 Å². The highest BCUT2D eigenvalue weighted by Crippen LogP contribution is 2.20. The van der Waals surface area contributed by atoms with Gasteiger partial charge in [-0.15, -0.1) is 0 Å². The van der Waals surface area contributed by atoms with Gasteiger partial charge in [0.25, 0.3) is 0 Å². The van der Waals surface area contributed by atoms with Gasteiger partial charge in [-0.3, -0.25) is 0 Å². The highest BCUT2D eigenvalue weighted by Gasteiger charge is 1.97. The monoisotopic (exact) mass is 227 g/mol. The van der Waals surface area contributed by atoms with Gasteiger partial charge in [0.1, 0.15) is 0 Å². The largest absolute Gasteiger partial charge is 0.383 e. The van der Waals surface area contributed by atoms with E-state index in [1.165, 1.54) is 11.3 Å². The Kier molecular flexibility index (Phi) is 3.15. The second kappa shape index (κ2) is 3.94. The summed E-state index contributed by atoms with van der Waals surface area (Å²) in [6.07, 6.45) is 0. The van der Waals surface area contributed by atoms with Crippen LogP contribution >= 0.6 is 15.9 Å². The zero-order valence-corrected chi connectivity index (χ0v) is 9.27. The standard InChI is InChI=1S/C10H14BrN/c1-7(2)12-9-4-5-10(11)8(3)6-9/h4-7,12H,1-3H3. The maximum absolute atomic E-state index is 3.47. The molecular formula is C10H14BrN. The van der Waals surface area contributed by atoms with Gasteiger partial charge in [-0.2, -0.15) is 0 Å². The number of anilines is 1. The van der Waals surface area contributed by atoms with Gasteiger partial charge in [0.05, 0.1) is 0 Å². The molecule has 0 radical (unpaired) electrons. The number of rotatable bonds is 2. The van der Waals surface area contributed by atoms with Crippen LogP contribution in [0.25, 0.3) is 0 Å². The lowest BCUT2D eigenvalue weighted by atomic mass is 10.2. The van der Waals surface area contributed by atoms with E-state index in [1.807, 2.05) is 0 Å². The Balaban J connectivity index is 2.82. The van der Waals surface area contributed by atoms with Crippen LogP contribution in [0.1, 0.15) is 19.4 Å². The van der Waals surface area contributed by atoms with Crippen molar-refractivity contribution < 1.29 is 0 Å². The summed E-state index contributed by atoms with van der Waals surface area (Å²) in [6, 6.07) is 6.78. The van der Waals surface area contributed by atoms with Crippen molar-refractivity contribution in [1.82, 2.24) is 0 Å². The number of hydrogen-bond donors (Lipinski definition) is 1. The van der Waals surface area contributed by atoms with Gasteiger partial charge >= 0.3 is 0 Å².